The lowest BCUT2D eigenvalue weighted by atomic mass is 9.73. The van der Waals surface area contributed by atoms with Crippen molar-refractivity contribution in [3.05, 3.63) is 29.8 Å². The molecule has 3 N–H and O–H groups in total. The number of fused-ring (bicyclic) bond motifs is 1. The summed E-state index contributed by atoms with van der Waals surface area (Å²) < 4.78 is 5.98. The van der Waals surface area contributed by atoms with Crippen molar-refractivity contribution in [2.45, 2.75) is 58.2 Å². The number of nitrogens with one attached hydrogen (secondary N) is 2. The number of aliphatic imine (C=N–C) groups is 1. The molecule has 0 aromatic heterocycles. The summed E-state index contributed by atoms with van der Waals surface area (Å²) in [5.41, 5.74) is 1.16. The van der Waals surface area contributed by atoms with E-state index in [4.69, 9.17) is 9.73 Å². The maximum absolute atomic E-state index is 10.3. The Morgan fingerprint density at radius 1 is 1.31 bits per heavy atom. The van der Waals surface area contributed by atoms with Gasteiger partial charge in [0.15, 0.2) is 5.96 Å². The fraction of sp³-hybridized carbons (Fsp3) is 0.650. The number of guanidine groups is 1. The first-order valence-electron chi connectivity index (χ1n) is 9.55. The lowest BCUT2D eigenvalue weighted by molar-refractivity contribution is 0.00715. The van der Waals surface area contributed by atoms with Crippen LogP contribution in [-0.4, -0.2) is 42.9 Å². The standard InChI is InChI=1S/C20H31N3O2.HI/c1-3-21-19(23-14-20(2)11-7-6-10-18(20)24)22-13-16-12-15-8-4-5-9-17(15)25-16;/h4-5,8-9,16,18,24H,3,6-7,10-14H2,1-2H3,(H2,21,22,23);1H. The van der Waals surface area contributed by atoms with Gasteiger partial charge < -0.3 is 20.5 Å². The Morgan fingerprint density at radius 3 is 2.85 bits per heavy atom. The van der Waals surface area contributed by atoms with Crippen LogP contribution in [0.3, 0.4) is 0 Å². The molecule has 0 radical (unpaired) electrons. The summed E-state index contributed by atoms with van der Waals surface area (Å²) >= 11 is 0. The minimum Gasteiger partial charge on any atom is -0.488 e. The summed E-state index contributed by atoms with van der Waals surface area (Å²) in [7, 11) is 0. The molecular weight excluding hydrogens is 441 g/mol. The Hall–Kier alpha value is -1.02. The maximum atomic E-state index is 10.3. The molecule has 1 aliphatic heterocycles. The van der Waals surface area contributed by atoms with E-state index in [2.05, 4.69) is 36.6 Å². The van der Waals surface area contributed by atoms with Crippen LogP contribution in [-0.2, 0) is 6.42 Å². The number of ether oxygens (including phenoxy) is 1. The van der Waals surface area contributed by atoms with Crippen molar-refractivity contribution in [2.75, 3.05) is 19.6 Å². The molecule has 0 bridgehead atoms. The van der Waals surface area contributed by atoms with Crippen molar-refractivity contribution in [1.82, 2.24) is 10.6 Å². The Labute approximate surface area is 174 Å². The van der Waals surface area contributed by atoms with Gasteiger partial charge in [0.25, 0.3) is 0 Å². The Bertz CT molecular complexity index is 585. The fourth-order valence-electron chi connectivity index (χ4n) is 3.75. The van der Waals surface area contributed by atoms with E-state index in [1.165, 1.54) is 12.0 Å². The van der Waals surface area contributed by atoms with Crippen LogP contribution in [0.2, 0.25) is 0 Å². The van der Waals surface area contributed by atoms with Crippen LogP contribution in [0.1, 0.15) is 45.1 Å². The van der Waals surface area contributed by atoms with Crippen molar-refractivity contribution in [3.8, 4) is 5.75 Å². The quantitative estimate of drug-likeness (QED) is 0.350. The van der Waals surface area contributed by atoms with E-state index in [1.54, 1.807) is 0 Å². The molecular formula is C20H32IN3O2. The zero-order valence-electron chi connectivity index (χ0n) is 15.8. The van der Waals surface area contributed by atoms with E-state index in [1.807, 2.05) is 12.1 Å². The predicted octanol–water partition coefficient (Wildman–Crippen LogP) is 3.10. The second-order valence-electron chi connectivity index (χ2n) is 7.54. The van der Waals surface area contributed by atoms with E-state index in [0.29, 0.717) is 6.54 Å². The molecule has 26 heavy (non-hydrogen) atoms. The van der Waals surface area contributed by atoms with Gasteiger partial charge in [-0.2, -0.15) is 0 Å². The van der Waals surface area contributed by atoms with Gasteiger partial charge in [-0.25, -0.2) is 0 Å². The van der Waals surface area contributed by atoms with Crippen LogP contribution in [0.5, 0.6) is 5.75 Å². The van der Waals surface area contributed by atoms with Gasteiger partial charge in [0.05, 0.1) is 19.2 Å². The molecule has 1 saturated carbocycles. The van der Waals surface area contributed by atoms with Crippen LogP contribution < -0.4 is 15.4 Å². The first kappa shape index (κ1) is 21.3. The second kappa shape index (κ2) is 9.78. The lowest BCUT2D eigenvalue weighted by Gasteiger charge is -2.37. The number of aliphatic hydroxyl groups excluding tert-OH is 1. The molecule has 1 fully saturated rings. The third-order valence-electron chi connectivity index (χ3n) is 5.43. The summed E-state index contributed by atoms with van der Waals surface area (Å²) in [5, 5.41) is 17.0. The van der Waals surface area contributed by atoms with E-state index in [0.717, 1.165) is 50.5 Å². The molecule has 2 aliphatic rings. The van der Waals surface area contributed by atoms with Crippen molar-refractivity contribution in [2.24, 2.45) is 10.4 Å². The van der Waals surface area contributed by atoms with Gasteiger partial charge >= 0.3 is 0 Å². The van der Waals surface area contributed by atoms with Crippen molar-refractivity contribution in [1.29, 1.82) is 0 Å². The number of aliphatic hydroxyl groups is 1. The molecule has 146 valence electrons. The third-order valence-corrected chi connectivity index (χ3v) is 5.43. The SMILES string of the molecule is CCNC(=NCC1(C)CCCCC1O)NCC1Cc2ccccc2O1.I. The molecule has 0 amide bonds. The van der Waals surface area contributed by atoms with E-state index >= 15 is 0 Å². The number of benzene rings is 1. The molecule has 3 rings (SSSR count). The largest absolute Gasteiger partial charge is 0.488 e. The summed E-state index contributed by atoms with van der Waals surface area (Å²) in [6.45, 7) is 6.41. The molecule has 6 heteroatoms. The number of nitrogens with zero attached hydrogens (tertiary/aromatic N) is 1. The van der Waals surface area contributed by atoms with Crippen LogP contribution in [0.4, 0.5) is 0 Å². The van der Waals surface area contributed by atoms with Gasteiger partial charge in [0, 0.05) is 18.4 Å². The van der Waals surface area contributed by atoms with Crippen molar-refractivity contribution < 1.29 is 9.84 Å². The first-order valence-corrected chi connectivity index (χ1v) is 9.55. The summed E-state index contributed by atoms with van der Waals surface area (Å²) in [5.74, 6) is 1.80. The second-order valence-corrected chi connectivity index (χ2v) is 7.54. The Kier molecular flexibility index (Phi) is 8.01. The van der Waals surface area contributed by atoms with Gasteiger partial charge in [0.1, 0.15) is 11.9 Å². The summed E-state index contributed by atoms with van der Waals surface area (Å²) in [4.78, 5) is 4.75. The topological polar surface area (TPSA) is 65.9 Å². The van der Waals surface area contributed by atoms with Crippen molar-refractivity contribution in [3.63, 3.8) is 0 Å². The van der Waals surface area contributed by atoms with Crippen LogP contribution in [0, 0.1) is 5.41 Å². The minimum absolute atomic E-state index is 0. The predicted molar refractivity (Wildman–Crippen MR) is 117 cm³/mol. The lowest BCUT2D eigenvalue weighted by Crippen LogP contribution is -2.44. The van der Waals surface area contributed by atoms with E-state index in [-0.39, 0.29) is 41.6 Å². The first-order chi connectivity index (χ1) is 12.1. The number of hydrogen-bond donors (Lipinski definition) is 3. The molecule has 1 heterocycles. The molecule has 1 aliphatic carbocycles. The van der Waals surface area contributed by atoms with Gasteiger partial charge in [-0.15, -0.1) is 24.0 Å². The highest BCUT2D eigenvalue weighted by atomic mass is 127. The van der Waals surface area contributed by atoms with Crippen LogP contribution >= 0.6 is 24.0 Å². The van der Waals surface area contributed by atoms with E-state index in [9.17, 15) is 5.11 Å². The zero-order valence-corrected chi connectivity index (χ0v) is 18.2. The molecule has 0 spiro atoms. The molecule has 1 aromatic carbocycles. The van der Waals surface area contributed by atoms with Gasteiger partial charge in [-0.1, -0.05) is 38.0 Å². The Balaban J connectivity index is 0.00000243. The minimum atomic E-state index is -0.249. The number of halogens is 1. The maximum Gasteiger partial charge on any atom is 0.191 e. The van der Waals surface area contributed by atoms with Gasteiger partial charge in [-0.05, 0) is 31.4 Å². The summed E-state index contributed by atoms with van der Waals surface area (Å²) in [6.07, 6.45) is 5.05. The van der Waals surface area contributed by atoms with E-state index < -0.39 is 0 Å². The normalized spacial score (nSPS) is 27.9. The van der Waals surface area contributed by atoms with Crippen LogP contribution in [0.15, 0.2) is 29.3 Å². The van der Waals surface area contributed by atoms with Crippen molar-refractivity contribution >= 4 is 29.9 Å². The average molecular weight is 473 g/mol. The highest BCUT2D eigenvalue weighted by Gasteiger charge is 2.35. The molecule has 5 nitrogen and oxygen atoms in total. The average Bonchev–Trinajstić information content (AvgIpc) is 3.03. The number of para-hydroxylation sites is 1. The van der Waals surface area contributed by atoms with Gasteiger partial charge in [-0.3, -0.25) is 4.99 Å². The summed E-state index contributed by atoms with van der Waals surface area (Å²) in [6, 6.07) is 8.22. The highest BCUT2D eigenvalue weighted by Crippen LogP contribution is 2.36. The number of hydrogen-bond acceptors (Lipinski definition) is 3. The van der Waals surface area contributed by atoms with Crippen LogP contribution in [0.25, 0.3) is 0 Å². The molecule has 0 saturated heterocycles. The van der Waals surface area contributed by atoms with Gasteiger partial charge in [0.2, 0.25) is 0 Å². The third kappa shape index (κ3) is 5.25. The molecule has 3 unspecified atom stereocenters. The zero-order chi connectivity index (χ0) is 17.7. The number of rotatable bonds is 5. The molecule has 1 aromatic rings. The fourth-order valence-corrected chi connectivity index (χ4v) is 3.75. The monoisotopic (exact) mass is 473 g/mol. The molecule has 3 atom stereocenters. The smallest absolute Gasteiger partial charge is 0.191 e. The highest BCUT2D eigenvalue weighted by molar-refractivity contribution is 14.0. The Morgan fingerprint density at radius 2 is 2.12 bits per heavy atom.